The van der Waals surface area contributed by atoms with Crippen LogP contribution in [0, 0.1) is 0 Å². The van der Waals surface area contributed by atoms with Crippen LogP contribution in [-0.2, 0) is 6.42 Å². The van der Waals surface area contributed by atoms with E-state index in [0.29, 0.717) is 5.89 Å². The molecule has 0 saturated carbocycles. The summed E-state index contributed by atoms with van der Waals surface area (Å²) in [6.45, 7) is 1.95. The highest BCUT2D eigenvalue weighted by Gasteiger charge is 2.08. The quantitative estimate of drug-likeness (QED) is 0.842. The first-order valence-corrected chi connectivity index (χ1v) is 5.38. The maximum absolute atomic E-state index is 5.67. The lowest BCUT2D eigenvalue weighted by Gasteiger charge is -1.98. The van der Waals surface area contributed by atoms with E-state index in [4.69, 9.17) is 10.2 Å². The molecule has 4 heteroatoms. The zero-order valence-corrected chi connectivity index (χ0v) is 8.75. The fourth-order valence-corrected chi connectivity index (χ4v) is 1.89. The highest BCUT2D eigenvalue weighted by Crippen LogP contribution is 2.24. The van der Waals surface area contributed by atoms with E-state index < -0.39 is 0 Å². The SMILES string of the molecule is CC(N)Cc1cnc(-c2cccs2)o1. The van der Waals surface area contributed by atoms with Gasteiger partial charge in [-0.15, -0.1) is 11.3 Å². The van der Waals surface area contributed by atoms with Gasteiger partial charge in [-0.2, -0.15) is 0 Å². The molecular weight excluding hydrogens is 196 g/mol. The molecule has 2 heterocycles. The van der Waals surface area contributed by atoms with E-state index in [-0.39, 0.29) is 6.04 Å². The number of nitrogens with two attached hydrogens (primary N) is 1. The molecule has 3 nitrogen and oxygen atoms in total. The van der Waals surface area contributed by atoms with Gasteiger partial charge in [0.1, 0.15) is 5.76 Å². The largest absolute Gasteiger partial charge is 0.440 e. The molecule has 1 unspecified atom stereocenters. The summed E-state index contributed by atoms with van der Waals surface area (Å²) in [6.07, 6.45) is 2.48. The standard InChI is InChI=1S/C10H12N2OS/c1-7(11)5-8-6-12-10(13-8)9-3-2-4-14-9/h2-4,6-7H,5,11H2,1H3. The topological polar surface area (TPSA) is 52.0 Å². The first-order chi connectivity index (χ1) is 6.75. The highest BCUT2D eigenvalue weighted by molar-refractivity contribution is 7.13. The molecule has 0 aliphatic carbocycles. The van der Waals surface area contributed by atoms with Crippen molar-refractivity contribution in [2.45, 2.75) is 19.4 Å². The van der Waals surface area contributed by atoms with Crippen molar-refractivity contribution in [3.8, 4) is 10.8 Å². The summed E-state index contributed by atoms with van der Waals surface area (Å²) in [4.78, 5) is 5.26. The molecule has 0 bridgehead atoms. The van der Waals surface area contributed by atoms with E-state index in [1.807, 2.05) is 24.4 Å². The van der Waals surface area contributed by atoms with Crippen molar-refractivity contribution in [1.82, 2.24) is 4.98 Å². The molecule has 0 radical (unpaired) electrons. The lowest BCUT2D eigenvalue weighted by Crippen LogP contribution is -2.17. The number of aromatic nitrogens is 1. The third kappa shape index (κ3) is 2.02. The zero-order chi connectivity index (χ0) is 9.97. The van der Waals surface area contributed by atoms with Crippen LogP contribution in [0.3, 0.4) is 0 Å². The fourth-order valence-electron chi connectivity index (χ4n) is 1.23. The second-order valence-electron chi connectivity index (χ2n) is 3.29. The predicted octanol–water partition coefficient (Wildman–Crippen LogP) is 2.29. The van der Waals surface area contributed by atoms with E-state index in [0.717, 1.165) is 17.1 Å². The molecule has 2 aromatic rings. The van der Waals surface area contributed by atoms with Crippen LogP contribution in [0.5, 0.6) is 0 Å². The van der Waals surface area contributed by atoms with Gasteiger partial charge in [0.2, 0.25) is 5.89 Å². The Labute approximate surface area is 86.6 Å². The Bertz CT molecular complexity index is 392. The molecule has 0 aliphatic rings. The van der Waals surface area contributed by atoms with E-state index in [2.05, 4.69) is 4.98 Å². The van der Waals surface area contributed by atoms with Gasteiger partial charge in [0, 0.05) is 12.5 Å². The number of hydrogen-bond donors (Lipinski definition) is 1. The van der Waals surface area contributed by atoms with Crippen LogP contribution >= 0.6 is 11.3 Å². The van der Waals surface area contributed by atoms with Gasteiger partial charge in [0.25, 0.3) is 0 Å². The van der Waals surface area contributed by atoms with Crippen molar-refractivity contribution in [3.63, 3.8) is 0 Å². The molecule has 2 rings (SSSR count). The Kier molecular flexibility index (Phi) is 2.65. The van der Waals surface area contributed by atoms with Crippen LogP contribution in [0.2, 0.25) is 0 Å². The normalized spacial score (nSPS) is 13.0. The Morgan fingerprint density at radius 3 is 3.14 bits per heavy atom. The average molecular weight is 208 g/mol. The number of oxazole rings is 1. The van der Waals surface area contributed by atoms with Crippen molar-refractivity contribution < 1.29 is 4.42 Å². The average Bonchev–Trinajstić information content (AvgIpc) is 2.69. The van der Waals surface area contributed by atoms with Crippen molar-refractivity contribution in [1.29, 1.82) is 0 Å². The van der Waals surface area contributed by atoms with E-state index >= 15 is 0 Å². The number of rotatable bonds is 3. The first-order valence-electron chi connectivity index (χ1n) is 4.50. The molecule has 74 valence electrons. The second-order valence-corrected chi connectivity index (χ2v) is 4.24. The smallest absolute Gasteiger partial charge is 0.236 e. The molecule has 1 atom stereocenters. The van der Waals surface area contributed by atoms with Crippen LogP contribution < -0.4 is 5.73 Å². The van der Waals surface area contributed by atoms with Gasteiger partial charge in [0.05, 0.1) is 11.1 Å². The Balaban J connectivity index is 2.18. The van der Waals surface area contributed by atoms with E-state index in [1.54, 1.807) is 17.5 Å². The summed E-state index contributed by atoms with van der Waals surface area (Å²) in [5.74, 6) is 1.54. The van der Waals surface area contributed by atoms with Crippen molar-refractivity contribution in [2.24, 2.45) is 5.73 Å². The molecule has 0 aromatic carbocycles. The van der Waals surface area contributed by atoms with Crippen LogP contribution in [0.25, 0.3) is 10.8 Å². The maximum atomic E-state index is 5.67. The van der Waals surface area contributed by atoms with Crippen LogP contribution in [0.1, 0.15) is 12.7 Å². The van der Waals surface area contributed by atoms with Gasteiger partial charge in [0.15, 0.2) is 0 Å². The summed E-state index contributed by atoms with van der Waals surface area (Å²) in [7, 11) is 0. The number of thiophene rings is 1. The van der Waals surface area contributed by atoms with Crippen LogP contribution in [0.15, 0.2) is 28.1 Å². The van der Waals surface area contributed by atoms with E-state index in [1.165, 1.54) is 0 Å². The summed E-state index contributed by atoms with van der Waals surface area (Å²) < 4.78 is 5.56. The second kappa shape index (κ2) is 3.94. The summed E-state index contributed by atoms with van der Waals surface area (Å²) in [6, 6.07) is 4.08. The summed E-state index contributed by atoms with van der Waals surface area (Å²) >= 11 is 1.62. The molecule has 0 amide bonds. The van der Waals surface area contributed by atoms with Gasteiger partial charge in [-0.1, -0.05) is 6.07 Å². The van der Waals surface area contributed by atoms with Crippen molar-refractivity contribution in [3.05, 3.63) is 29.5 Å². The molecule has 2 N–H and O–H groups in total. The summed E-state index contributed by atoms with van der Waals surface area (Å²) in [5.41, 5.74) is 5.67. The van der Waals surface area contributed by atoms with Crippen LogP contribution in [-0.4, -0.2) is 11.0 Å². The lowest BCUT2D eigenvalue weighted by atomic mass is 10.2. The minimum atomic E-state index is 0.110. The molecular formula is C10H12N2OS. The van der Waals surface area contributed by atoms with Gasteiger partial charge in [-0.3, -0.25) is 0 Å². The zero-order valence-electron chi connectivity index (χ0n) is 7.93. The van der Waals surface area contributed by atoms with E-state index in [9.17, 15) is 0 Å². The minimum absolute atomic E-state index is 0.110. The maximum Gasteiger partial charge on any atom is 0.236 e. The number of nitrogens with zero attached hydrogens (tertiary/aromatic N) is 1. The first kappa shape index (κ1) is 9.43. The summed E-state index contributed by atoms with van der Waals surface area (Å²) in [5, 5.41) is 2.00. The minimum Gasteiger partial charge on any atom is -0.440 e. The predicted molar refractivity (Wildman–Crippen MR) is 57.2 cm³/mol. The van der Waals surface area contributed by atoms with Gasteiger partial charge >= 0.3 is 0 Å². The molecule has 0 aliphatic heterocycles. The third-order valence-corrected chi connectivity index (χ3v) is 2.67. The Morgan fingerprint density at radius 2 is 2.50 bits per heavy atom. The van der Waals surface area contributed by atoms with Gasteiger partial charge in [-0.25, -0.2) is 4.98 Å². The van der Waals surface area contributed by atoms with Crippen LogP contribution in [0.4, 0.5) is 0 Å². The monoisotopic (exact) mass is 208 g/mol. The van der Waals surface area contributed by atoms with Crippen molar-refractivity contribution in [2.75, 3.05) is 0 Å². The number of hydrogen-bond acceptors (Lipinski definition) is 4. The van der Waals surface area contributed by atoms with Crippen molar-refractivity contribution >= 4 is 11.3 Å². The molecule has 2 aromatic heterocycles. The van der Waals surface area contributed by atoms with Gasteiger partial charge < -0.3 is 10.2 Å². The Hall–Kier alpha value is -1.13. The molecule has 0 fully saturated rings. The lowest BCUT2D eigenvalue weighted by molar-refractivity contribution is 0.501. The Morgan fingerprint density at radius 1 is 1.64 bits per heavy atom. The third-order valence-electron chi connectivity index (χ3n) is 1.81. The highest BCUT2D eigenvalue weighted by atomic mass is 32.1. The molecule has 14 heavy (non-hydrogen) atoms. The molecule has 0 spiro atoms. The van der Waals surface area contributed by atoms with Gasteiger partial charge in [-0.05, 0) is 18.4 Å². The fraction of sp³-hybridized carbons (Fsp3) is 0.300. The molecule has 0 saturated heterocycles.